The van der Waals surface area contributed by atoms with Crippen molar-refractivity contribution >= 4 is 0 Å². The van der Waals surface area contributed by atoms with Gasteiger partial charge in [-0.05, 0) is 42.8 Å². The van der Waals surface area contributed by atoms with Crippen LogP contribution in [0.15, 0.2) is 0 Å². The molecule has 2 heterocycles. The van der Waals surface area contributed by atoms with Gasteiger partial charge in [-0.1, -0.05) is 0 Å². The average molecular weight is 304 g/mol. The number of hydrogen-bond donors (Lipinski definition) is 0. The quantitative estimate of drug-likeness (QED) is 0.833. The Bertz CT molecular complexity index is 470. The van der Waals surface area contributed by atoms with Gasteiger partial charge in [-0.25, -0.2) is 4.68 Å². The van der Waals surface area contributed by atoms with E-state index in [9.17, 15) is 13.2 Å². The van der Waals surface area contributed by atoms with Crippen LogP contribution in [0.2, 0.25) is 0 Å². The molecule has 0 unspecified atom stereocenters. The van der Waals surface area contributed by atoms with Crippen LogP contribution in [-0.2, 0) is 6.54 Å². The van der Waals surface area contributed by atoms with Crippen LogP contribution < -0.4 is 0 Å². The zero-order valence-corrected chi connectivity index (χ0v) is 11.8. The molecule has 3 rings (SSSR count). The second kappa shape index (κ2) is 5.88. The van der Waals surface area contributed by atoms with E-state index in [1.165, 1.54) is 4.90 Å². The minimum Gasteiger partial charge on any atom is -0.295 e. The maximum Gasteiger partial charge on any atom is 0.401 e. The zero-order valence-electron chi connectivity index (χ0n) is 11.8. The van der Waals surface area contributed by atoms with E-state index in [1.807, 2.05) is 4.68 Å². The van der Waals surface area contributed by atoms with Crippen molar-refractivity contribution in [2.45, 2.75) is 38.0 Å². The molecule has 118 valence electrons. The summed E-state index contributed by atoms with van der Waals surface area (Å²) in [5, 5.41) is 11.8. The molecule has 1 saturated carbocycles. The van der Waals surface area contributed by atoms with Crippen LogP contribution >= 0.6 is 0 Å². The fourth-order valence-electron chi connectivity index (χ4n) is 2.71. The van der Waals surface area contributed by atoms with Crippen LogP contribution in [0, 0.1) is 0 Å². The standard InChI is InChI=1S/C12H19F3N6/c13-12(14,15)9-20-5-1-4-19(6-7-20)8-11-16-17-18-21(11)10-2-3-10/h10H,1-9H2. The van der Waals surface area contributed by atoms with Crippen molar-refractivity contribution in [1.29, 1.82) is 0 Å². The Morgan fingerprint density at radius 3 is 2.48 bits per heavy atom. The van der Waals surface area contributed by atoms with Crippen molar-refractivity contribution in [3.8, 4) is 0 Å². The molecule has 2 aliphatic rings. The third kappa shape index (κ3) is 4.13. The summed E-state index contributed by atoms with van der Waals surface area (Å²) >= 11 is 0. The number of alkyl halides is 3. The third-order valence-corrected chi connectivity index (χ3v) is 3.90. The second-order valence-corrected chi connectivity index (χ2v) is 5.79. The Labute approximate surface area is 120 Å². The topological polar surface area (TPSA) is 50.1 Å². The van der Waals surface area contributed by atoms with Gasteiger partial charge in [0.2, 0.25) is 0 Å². The smallest absolute Gasteiger partial charge is 0.295 e. The van der Waals surface area contributed by atoms with E-state index in [4.69, 9.17) is 0 Å². The first-order chi connectivity index (χ1) is 10.0. The predicted molar refractivity (Wildman–Crippen MR) is 68.5 cm³/mol. The molecule has 0 atom stereocenters. The molecule has 1 aliphatic heterocycles. The number of rotatable bonds is 4. The fraction of sp³-hybridized carbons (Fsp3) is 0.917. The normalized spacial score (nSPS) is 22.4. The van der Waals surface area contributed by atoms with Gasteiger partial charge in [0.05, 0.1) is 19.1 Å². The van der Waals surface area contributed by atoms with Crippen LogP contribution in [0.3, 0.4) is 0 Å². The van der Waals surface area contributed by atoms with Crippen LogP contribution in [0.5, 0.6) is 0 Å². The molecule has 9 heteroatoms. The van der Waals surface area contributed by atoms with Crippen molar-refractivity contribution in [2.24, 2.45) is 0 Å². The van der Waals surface area contributed by atoms with Crippen molar-refractivity contribution in [1.82, 2.24) is 30.0 Å². The van der Waals surface area contributed by atoms with Crippen molar-refractivity contribution in [3.63, 3.8) is 0 Å². The largest absolute Gasteiger partial charge is 0.401 e. The highest BCUT2D eigenvalue weighted by atomic mass is 19.4. The Morgan fingerprint density at radius 1 is 1.05 bits per heavy atom. The lowest BCUT2D eigenvalue weighted by Crippen LogP contribution is -2.37. The van der Waals surface area contributed by atoms with Gasteiger partial charge in [-0.15, -0.1) is 5.10 Å². The van der Waals surface area contributed by atoms with Crippen molar-refractivity contribution in [2.75, 3.05) is 32.7 Å². The fourth-order valence-corrected chi connectivity index (χ4v) is 2.71. The first-order valence-corrected chi connectivity index (χ1v) is 7.29. The molecule has 0 amide bonds. The van der Waals surface area contributed by atoms with Gasteiger partial charge in [0.25, 0.3) is 0 Å². The lowest BCUT2D eigenvalue weighted by atomic mass is 10.3. The van der Waals surface area contributed by atoms with E-state index in [0.717, 1.165) is 31.6 Å². The Morgan fingerprint density at radius 2 is 1.76 bits per heavy atom. The minimum absolute atomic E-state index is 0.420. The van der Waals surface area contributed by atoms with Crippen molar-refractivity contribution in [3.05, 3.63) is 5.82 Å². The van der Waals surface area contributed by atoms with Gasteiger partial charge < -0.3 is 0 Å². The average Bonchev–Trinajstić information content (AvgIpc) is 3.16. The molecule has 1 saturated heterocycles. The molecule has 0 bridgehead atoms. The second-order valence-electron chi connectivity index (χ2n) is 5.79. The summed E-state index contributed by atoms with van der Waals surface area (Å²) in [5.74, 6) is 0.821. The van der Waals surface area contributed by atoms with E-state index in [0.29, 0.717) is 32.2 Å². The van der Waals surface area contributed by atoms with E-state index >= 15 is 0 Å². The minimum atomic E-state index is -4.12. The van der Waals surface area contributed by atoms with Crippen LogP contribution in [0.1, 0.15) is 31.1 Å². The number of hydrogen-bond acceptors (Lipinski definition) is 5. The molecule has 21 heavy (non-hydrogen) atoms. The Kier molecular flexibility index (Phi) is 4.12. The molecular formula is C12H19F3N6. The van der Waals surface area contributed by atoms with E-state index in [1.54, 1.807) is 0 Å². The molecule has 0 radical (unpaired) electrons. The highest BCUT2D eigenvalue weighted by molar-refractivity contribution is 4.90. The molecule has 0 aromatic carbocycles. The molecule has 2 fully saturated rings. The van der Waals surface area contributed by atoms with Gasteiger partial charge in [0, 0.05) is 13.1 Å². The summed E-state index contributed by atoms with van der Waals surface area (Å²) in [6.45, 7) is 2.12. The van der Waals surface area contributed by atoms with E-state index in [-0.39, 0.29) is 0 Å². The van der Waals surface area contributed by atoms with E-state index in [2.05, 4.69) is 20.4 Å². The molecule has 1 aromatic heterocycles. The molecular weight excluding hydrogens is 285 g/mol. The molecule has 6 nitrogen and oxygen atoms in total. The monoisotopic (exact) mass is 304 g/mol. The van der Waals surface area contributed by atoms with Crippen LogP contribution in [0.4, 0.5) is 13.2 Å². The maximum atomic E-state index is 12.4. The first-order valence-electron chi connectivity index (χ1n) is 7.29. The summed E-state index contributed by atoms with van der Waals surface area (Å²) in [5.41, 5.74) is 0. The molecule has 1 aromatic rings. The van der Waals surface area contributed by atoms with Gasteiger partial charge in [0.15, 0.2) is 5.82 Å². The summed E-state index contributed by atoms with van der Waals surface area (Å²) < 4.78 is 39.2. The highest BCUT2D eigenvalue weighted by Gasteiger charge is 2.32. The number of aromatic nitrogens is 4. The zero-order chi connectivity index (χ0) is 14.9. The van der Waals surface area contributed by atoms with Crippen LogP contribution in [-0.4, -0.2) is 68.9 Å². The summed E-state index contributed by atoms with van der Waals surface area (Å²) in [6.07, 6.45) is -1.17. The van der Waals surface area contributed by atoms with Gasteiger partial charge in [-0.3, -0.25) is 9.80 Å². The molecule has 0 N–H and O–H groups in total. The summed E-state index contributed by atoms with van der Waals surface area (Å²) in [4.78, 5) is 3.62. The highest BCUT2D eigenvalue weighted by Crippen LogP contribution is 2.34. The maximum absolute atomic E-state index is 12.4. The third-order valence-electron chi connectivity index (χ3n) is 3.90. The summed E-state index contributed by atoms with van der Waals surface area (Å²) in [6, 6.07) is 0.420. The summed E-state index contributed by atoms with van der Waals surface area (Å²) in [7, 11) is 0. The number of tetrazole rings is 1. The Balaban J connectivity index is 1.54. The lowest BCUT2D eigenvalue weighted by molar-refractivity contribution is -0.145. The molecule has 0 spiro atoms. The van der Waals surface area contributed by atoms with Gasteiger partial charge in [0.1, 0.15) is 0 Å². The number of halogens is 3. The van der Waals surface area contributed by atoms with Crippen molar-refractivity contribution < 1.29 is 13.2 Å². The lowest BCUT2D eigenvalue weighted by Gasteiger charge is -2.22. The van der Waals surface area contributed by atoms with E-state index < -0.39 is 12.7 Å². The van der Waals surface area contributed by atoms with Gasteiger partial charge in [-0.2, -0.15) is 13.2 Å². The molecule has 1 aliphatic carbocycles. The number of nitrogens with zero attached hydrogens (tertiary/aromatic N) is 6. The van der Waals surface area contributed by atoms with Gasteiger partial charge >= 0.3 is 6.18 Å². The Hall–Kier alpha value is -1.22. The first kappa shape index (κ1) is 14.7. The predicted octanol–water partition coefficient (Wildman–Crippen LogP) is 1.08. The van der Waals surface area contributed by atoms with Crippen LogP contribution in [0.25, 0.3) is 0 Å². The SMILES string of the molecule is FC(F)(F)CN1CCCN(Cc2nnnn2C2CC2)CC1.